The fraction of sp³-hybridized carbons (Fsp3) is 0.222. The number of carbonyl (C=O) groups is 2. The highest BCUT2D eigenvalue weighted by molar-refractivity contribution is 5.97. The Morgan fingerprint density at radius 3 is 2.19 bits per heavy atom. The van der Waals surface area contributed by atoms with Gasteiger partial charge in [0, 0.05) is 29.1 Å². The lowest BCUT2D eigenvalue weighted by molar-refractivity contribution is -0.132. The predicted molar refractivity (Wildman–Crippen MR) is 98.3 cm³/mol. The fourth-order valence-corrected chi connectivity index (χ4v) is 2.12. The molecule has 27 heavy (non-hydrogen) atoms. The summed E-state index contributed by atoms with van der Waals surface area (Å²) in [5, 5.41) is 11.3. The van der Waals surface area contributed by atoms with E-state index in [0.717, 1.165) is 0 Å². The molecule has 0 spiro atoms. The summed E-state index contributed by atoms with van der Waals surface area (Å²) >= 11 is 0. The summed E-state index contributed by atoms with van der Waals surface area (Å²) in [6.07, 6.45) is 3.02. The average Bonchev–Trinajstić information content (AvgIpc) is 2.64. The van der Waals surface area contributed by atoms with Crippen LogP contribution in [0, 0.1) is 11.8 Å². The Labute approximate surface area is 156 Å². The summed E-state index contributed by atoms with van der Waals surface area (Å²) in [7, 11) is 0. The Morgan fingerprint density at radius 1 is 1.11 bits per heavy atom. The second-order valence-corrected chi connectivity index (χ2v) is 6.36. The Morgan fingerprint density at radius 2 is 1.67 bits per heavy atom. The number of hydrogen-bond donors (Lipinski definition) is 5. The molecule has 0 radical (unpaired) electrons. The van der Waals surface area contributed by atoms with Crippen LogP contribution in [0.3, 0.4) is 0 Å². The molecule has 0 saturated heterocycles. The van der Waals surface area contributed by atoms with Gasteiger partial charge >= 0.3 is 0 Å². The van der Waals surface area contributed by atoms with Gasteiger partial charge in [-0.25, -0.2) is 15.4 Å². The Bertz CT molecular complexity index is 877. The predicted octanol–water partition coefficient (Wildman–Crippen LogP) is -0.200. The molecule has 0 aliphatic heterocycles. The minimum atomic E-state index is -1.11. The van der Waals surface area contributed by atoms with Crippen LogP contribution in [0.25, 0.3) is 0 Å². The first-order valence-electron chi connectivity index (χ1n) is 7.94. The summed E-state index contributed by atoms with van der Waals surface area (Å²) in [6.45, 7) is 3.12. The number of nitrogens with zero attached hydrogens (tertiary/aromatic N) is 2. The van der Waals surface area contributed by atoms with Crippen LogP contribution in [0.2, 0.25) is 0 Å². The summed E-state index contributed by atoms with van der Waals surface area (Å²) in [5.74, 6) is 4.67. The van der Waals surface area contributed by atoms with Gasteiger partial charge in [-0.2, -0.15) is 0 Å². The summed E-state index contributed by atoms with van der Waals surface area (Å²) in [4.78, 5) is 31.8. The zero-order chi connectivity index (χ0) is 20.0. The third-order valence-corrected chi connectivity index (χ3v) is 3.56. The number of amides is 2. The Hall–Kier alpha value is -3.48. The van der Waals surface area contributed by atoms with E-state index in [1.54, 1.807) is 38.1 Å². The van der Waals surface area contributed by atoms with Gasteiger partial charge in [-0.3, -0.25) is 14.8 Å². The van der Waals surface area contributed by atoms with Crippen molar-refractivity contribution in [1.82, 2.24) is 20.8 Å². The maximum atomic E-state index is 12.4. The summed E-state index contributed by atoms with van der Waals surface area (Å²) in [6, 6.07) is 5.34. The quantitative estimate of drug-likeness (QED) is 0.284. The van der Waals surface area contributed by atoms with Gasteiger partial charge in [0.2, 0.25) is 5.95 Å². The molecule has 1 atom stereocenters. The smallest absolute Gasteiger partial charge is 0.267 e. The van der Waals surface area contributed by atoms with Crippen LogP contribution < -0.4 is 22.3 Å². The molecular weight excluding hydrogens is 348 g/mol. The summed E-state index contributed by atoms with van der Waals surface area (Å²) < 4.78 is 0. The number of hydrogen-bond acceptors (Lipinski definition) is 7. The monoisotopic (exact) mass is 368 g/mol. The van der Waals surface area contributed by atoms with E-state index in [4.69, 9.17) is 16.7 Å². The van der Waals surface area contributed by atoms with Crippen LogP contribution in [0.4, 0.5) is 5.95 Å². The molecule has 2 rings (SSSR count). The molecule has 140 valence electrons. The van der Waals surface area contributed by atoms with Gasteiger partial charge in [0.1, 0.15) is 6.04 Å². The molecule has 0 aliphatic rings. The van der Waals surface area contributed by atoms with Gasteiger partial charge in [-0.05, 0) is 38.1 Å². The second-order valence-electron chi connectivity index (χ2n) is 6.36. The number of rotatable bonds is 4. The third kappa shape index (κ3) is 5.50. The Balaban J connectivity index is 2.11. The van der Waals surface area contributed by atoms with Gasteiger partial charge in [-0.15, -0.1) is 0 Å². The van der Waals surface area contributed by atoms with Crippen molar-refractivity contribution in [2.75, 3.05) is 5.73 Å². The maximum Gasteiger partial charge on any atom is 0.267 e. The molecule has 0 aliphatic carbocycles. The molecule has 1 aromatic heterocycles. The van der Waals surface area contributed by atoms with Gasteiger partial charge in [0.05, 0.1) is 5.56 Å². The highest BCUT2D eigenvalue weighted by atomic mass is 16.5. The number of nitrogens with two attached hydrogens (primary N) is 2. The number of benzene rings is 1. The van der Waals surface area contributed by atoms with E-state index in [0.29, 0.717) is 16.7 Å². The molecule has 1 unspecified atom stereocenters. The standard InChI is InChI=1S/C18H20N6O3/c1-18(2,20)14(16(26)24-27)23-15(25)13-7-5-11(6-8-13)3-4-12-9-21-17(19)22-10-12/h5-10,14,27H,20H2,1-2H3,(H,23,25)(H,24,26)(H2,19,21,22). The largest absolute Gasteiger partial charge is 0.368 e. The van der Waals surface area contributed by atoms with Gasteiger partial charge in [0.25, 0.3) is 11.8 Å². The van der Waals surface area contributed by atoms with Crippen LogP contribution in [-0.4, -0.2) is 38.6 Å². The molecule has 0 bridgehead atoms. The van der Waals surface area contributed by atoms with Crippen molar-refractivity contribution >= 4 is 17.8 Å². The van der Waals surface area contributed by atoms with Gasteiger partial charge in [0.15, 0.2) is 0 Å². The van der Waals surface area contributed by atoms with Crippen LogP contribution in [0.1, 0.15) is 35.3 Å². The van der Waals surface area contributed by atoms with Crippen molar-refractivity contribution in [3.63, 3.8) is 0 Å². The van der Waals surface area contributed by atoms with E-state index < -0.39 is 23.4 Å². The average molecular weight is 368 g/mol. The molecule has 9 heteroatoms. The van der Waals surface area contributed by atoms with E-state index in [1.807, 2.05) is 0 Å². The lowest BCUT2D eigenvalue weighted by Crippen LogP contribution is -2.61. The minimum absolute atomic E-state index is 0.171. The van der Waals surface area contributed by atoms with E-state index in [9.17, 15) is 9.59 Å². The second kappa shape index (κ2) is 8.27. The van der Waals surface area contributed by atoms with Crippen molar-refractivity contribution in [2.45, 2.75) is 25.4 Å². The third-order valence-electron chi connectivity index (χ3n) is 3.56. The van der Waals surface area contributed by atoms with Crippen LogP contribution in [0.15, 0.2) is 36.7 Å². The topological polar surface area (TPSA) is 156 Å². The number of anilines is 1. The number of carbonyl (C=O) groups excluding carboxylic acids is 2. The van der Waals surface area contributed by atoms with Crippen LogP contribution in [0.5, 0.6) is 0 Å². The molecule has 0 saturated carbocycles. The lowest BCUT2D eigenvalue weighted by Gasteiger charge is -2.29. The zero-order valence-corrected chi connectivity index (χ0v) is 14.9. The summed E-state index contributed by atoms with van der Waals surface area (Å²) in [5.41, 5.74) is 13.3. The molecule has 1 heterocycles. The van der Waals surface area contributed by atoms with E-state index >= 15 is 0 Å². The molecular formula is C18H20N6O3. The first kappa shape index (κ1) is 19.8. The molecule has 9 nitrogen and oxygen atoms in total. The molecule has 0 fully saturated rings. The van der Waals surface area contributed by atoms with E-state index in [1.165, 1.54) is 17.9 Å². The highest BCUT2D eigenvalue weighted by Gasteiger charge is 2.33. The van der Waals surface area contributed by atoms with Crippen molar-refractivity contribution in [3.05, 3.63) is 53.3 Å². The van der Waals surface area contributed by atoms with Crippen LogP contribution >= 0.6 is 0 Å². The van der Waals surface area contributed by atoms with Crippen molar-refractivity contribution in [2.24, 2.45) is 5.73 Å². The van der Waals surface area contributed by atoms with Crippen molar-refractivity contribution < 1.29 is 14.8 Å². The normalized spacial score (nSPS) is 11.7. The Kier molecular flexibility index (Phi) is 6.07. The van der Waals surface area contributed by atoms with E-state index in [2.05, 4.69) is 27.1 Å². The van der Waals surface area contributed by atoms with Crippen molar-refractivity contribution in [3.8, 4) is 11.8 Å². The van der Waals surface area contributed by atoms with E-state index in [-0.39, 0.29) is 5.95 Å². The van der Waals surface area contributed by atoms with Crippen LogP contribution in [-0.2, 0) is 4.79 Å². The number of nitrogens with one attached hydrogen (secondary N) is 2. The lowest BCUT2D eigenvalue weighted by atomic mass is 9.95. The number of aromatic nitrogens is 2. The highest BCUT2D eigenvalue weighted by Crippen LogP contribution is 2.09. The first-order valence-corrected chi connectivity index (χ1v) is 7.94. The molecule has 2 amide bonds. The fourth-order valence-electron chi connectivity index (χ4n) is 2.12. The van der Waals surface area contributed by atoms with Crippen molar-refractivity contribution in [1.29, 1.82) is 0 Å². The molecule has 1 aromatic carbocycles. The number of hydroxylamine groups is 1. The molecule has 7 N–H and O–H groups in total. The first-order chi connectivity index (χ1) is 12.7. The zero-order valence-electron chi connectivity index (χ0n) is 14.9. The minimum Gasteiger partial charge on any atom is -0.368 e. The van der Waals surface area contributed by atoms with Gasteiger partial charge < -0.3 is 16.8 Å². The number of nitrogen functional groups attached to an aromatic ring is 1. The maximum absolute atomic E-state index is 12.4. The SMILES string of the molecule is CC(C)(N)C(NC(=O)c1ccc(C#Cc2cnc(N)nc2)cc1)C(=O)NO. The molecule has 2 aromatic rings. The van der Waals surface area contributed by atoms with Gasteiger partial charge in [-0.1, -0.05) is 11.8 Å².